The van der Waals surface area contributed by atoms with Gasteiger partial charge in [-0.15, -0.1) is 16.8 Å². The van der Waals surface area contributed by atoms with E-state index in [2.05, 4.69) is 27.4 Å². The van der Waals surface area contributed by atoms with Gasteiger partial charge < -0.3 is 19.9 Å². The lowest BCUT2D eigenvalue weighted by Crippen LogP contribution is -2.24. The van der Waals surface area contributed by atoms with E-state index in [1.807, 2.05) is 36.6 Å². The second-order valence-corrected chi connectivity index (χ2v) is 8.31. The smallest absolute Gasteiger partial charge is 0.251 e. The van der Waals surface area contributed by atoms with Gasteiger partial charge >= 0.3 is 0 Å². The highest BCUT2D eigenvalue weighted by Crippen LogP contribution is 2.20. The number of methoxy groups -OCH3 is 1. The number of allylic oxidation sites excluding steroid dienone is 1. The van der Waals surface area contributed by atoms with Crippen molar-refractivity contribution in [2.45, 2.75) is 32.1 Å². The number of hydrogen-bond acceptors (Lipinski definition) is 6. The van der Waals surface area contributed by atoms with Crippen LogP contribution in [0.3, 0.4) is 0 Å². The molecule has 0 bridgehead atoms. The number of nitrogens with zero attached hydrogens (tertiary/aromatic N) is 3. The molecule has 0 saturated carbocycles. The Bertz CT molecular complexity index is 1140. The van der Waals surface area contributed by atoms with E-state index in [1.54, 1.807) is 37.5 Å². The maximum Gasteiger partial charge on any atom is 0.251 e. The van der Waals surface area contributed by atoms with Crippen molar-refractivity contribution in [2.75, 3.05) is 18.2 Å². The Morgan fingerprint density at radius 2 is 1.91 bits per heavy atom. The largest absolute Gasteiger partial charge is 0.497 e. The Balaban J connectivity index is 1.61. The van der Waals surface area contributed by atoms with E-state index in [4.69, 9.17) is 4.74 Å². The highest BCUT2D eigenvalue weighted by Gasteiger charge is 2.15. The molecule has 1 aromatic heterocycles. The first-order valence-corrected chi connectivity index (χ1v) is 11.3. The number of aryl methyl sites for hydroxylation is 2. The Hall–Kier alpha value is -3.59. The van der Waals surface area contributed by atoms with Gasteiger partial charge in [-0.2, -0.15) is 0 Å². The van der Waals surface area contributed by atoms with Gasteiger partial charge in [-0.25, -0.2) is 0 Å². The molecule has 0 atom stereocenters. The molecule has 0 saturated heterocycles. The quantitative estimate of drug-likeness (QED) is 0.350. The highest BCUT2D eigenvalue weighted by molar-refractivity contribution is 7.99. The number of carbonyl (C=O) groups excluding carboxylic acids is 2. The molecule has 1 heterocycles. The lowest BCUT2D eigenvalue weighted by molar-refractivity contribution is -0.113. The number of hydrogen-bond donors (Lipinski definition) is 2. The molecule has 2 amide bonds. The van der Waals surface area contributed by atoms with Crippen LogP contribution in [0.1, 0.15) is 27.3 Å². The van der Waals surface area contributed by atoms with E-state index in [1.165, 1.54) is 11.8 Å². The predicted molar refractivity (Wildman–Crippen MR) is 130 cm³/mol. The summed E-state index contributed by atoms with van der Waals surface area (Å²) in [5.74, 6) is 1.08. The average molecular weight is 466 g/mol. The second-order valence-electron chi connectivity index (χ2n) is 7.36. The van der Waals surface area contributed by atoms with Crippen molar-refractivity contribution in [3.8, 4) is 5.75 Å². The summed E-state index contributed by atoms with van der Waals surface area (Å²) in [6.07, 6.45) is 1.72. The third-order valence-corrected chi connectivity index (χ3v) is 5.83. The number of rotatable bonds is 10. The van der Waals surface area contributed by atoms with Crippen molar-refractivity contribution < 1.29 is 14.3 Å². The van der Waals surface area contributed by atoms with Gasteiger partial charge in [0, 0.05) is 17.8 Å². The van der Waals surface area contributed by atoms with Crippen LogP contribution < -0.4 is 15.4 Å². The number of amides is 2. The molecule has 0 fully saturated rings. The van der Waals surface area contributed by atoms with E-state index in [-0.39, 0.29) is 24.1 Å². The van der Waals surface area contributed by atoms with Crippen LogP contribution in [0, 0.1) is 13.8 Å². The standard InChI is InChI=1S/C24H27N5O3S/c1-5-12-29-21(14-25-23(31)18-8-10-19(32-4)11-9-18)27-28-24(29)33-15-22(30)26-20-13-16(2)6-7-17(20)3/h5-11,13H,1,12,14-15H2,2-4H3,(H,25,31)(H,26,30). The lowest BCUT2D eigenvalue weighted by Gasteiger charge is -2.10. The van der Waals surface area contributed by atoms with E-state index < -0.39 is 0 Å². The summed E-state index contributed by atoms with van der Waals surface area (Å²) >= 11 is 1.28. The van der Waals surface area contributed by atoms with Crippen LogP contribution in [0.15, 0.2) is 60.3 Å². The normalized spacial score (nSPS) is 10.5. The van der Waals surface area contributed by atoms with Gasteiger partial charge in [0.2, 0.25) is 5.91 Å². The maximum atomic E-state index is 12.5. The summed E-state index contributed by atoms with van der Waals surface area (Å²) in [6.45, 7) is 8.37. The molecule has 0 spiro atoms. The van der Waals surface area contributed by atoms with Crippen LogP contribution in [-0.4, -0.2) is 39.4 Å². The van der Waals surface area contributed by atoms with Crippen molar-refractivity contribution in [1.29, 1.82) is 0 Å². The Morgan fingerprint density at radius 1 is 1.15 bits per heavy atom. The molecule has 9 heteroatoms. The summed E-state index contributed by atoms with van der Waals surface area (Å²) in [7, 11) is 1.57. The predicted octanol–water partition coefficient (Wildman–Crippen LogP) is 3.75. The van der Waals surface area contributed by atoms with Crippen molar-refractivity contribution in [1.82, 2.24) is 20.1 Å². The van der Waals surface area contributed by atoms with Gasteiger partial charge in [-0.3, -0.25) is 9.59 Å². The van der Waals surface area contributed by atoms with Crippen molar-refractivity contribution in [3.63, 3.8) is 0 Å². The fraction of sp³-hybridized carbons (Fsp3) is 0.250. The molecule has 172 valence electrons. The topological polar surface area (TPSA) is 98.1 Å². The first kappa shape index (κ1) is 24.1. The minimum Gasteiger partial charge on any atom is -0.497 e. The number of carbonyl (C=O) groups is 2. The zero-order valence-electron chi connectivity index (χ0n) is 18.9. The van der Waals surface area contributed by atoms with Crippen LogP contribution in [0.25, 0.3) is 0 Å². The Kier molecular flexibility index (Phi) is 8.26. The molecule has 3 aromatic rings. The number of nitrogens with one attached hydrogen (secondary N) is 2. The van der Waals surface area contributed by atoms with Gasteiger partial charge in [0.1, 0.15) is 5.75 Å². The van der Waals surface area contributed by atoms with E-state index >= 15 is 0 Å². The molecule has 2 aromatic carbocycles. The van der Waals surface area contributed by atoms with Gasteiger partial charge in [0.25, 0.3) is 5.91 Å². The number of benzene rings is 2. The first-order chi connectivity index (χ1) is 15.9. The Labute approximate surface area is 197 Å². The maximum absolute atomic E-state index is 12.5. The minimum absolute atomic E-state index is 0.129. The number of ether oxygens (including phenoxy) is 1. The molecule has 0 unspecified atom stereocenters. The van der Waals surface area contributed by atoms with Crippen LogP contribution in [0.2, 0.25) is 0 Å². The zero-order chi connectivity index (χ0) is 23.8. The van der Waals surface area contributed by atoms with Gasteiger partial charge in [-0.1, -0.05) is 30.0 Å². The Morgan fingerprint density at radius 3 is 2.61 bits per heavy atom. The molecule has 3 rings (SSSR count). The summed E-state index contributed by atoms with van der Waals surface area (Å²) in [5.41, 5.74) is 3.40. The van der Waals surface area contributed by atoms with Crippen molar-refractivity contribution >= 4 is 29.3 Å². The number of thioether (sulfide) groups is 1. The van der Waals surface area contributed by atoms with Crippen molar-refractivity contribution in [3.05, 3.63) is 77.6 Å². The molecular weight excluding hydrogens is 438 g/mol. The second kappa shape index (κ2) is 11.3. The van der Waals surface area contributed by atoms with Gasteiger partial charge in [0.15, 0.2) is 11.0 Å². The molecule has 0 aliphatic heterocycles. The molecular formula is C24H27N5O3S. The van der Waals surface area contributed by atoms with Gasteiger partial charge in [0.05, 0.1) is 19.4 Å². The number of anilines is 1. The van der Waals surface area contributed by atoms with Gasteiger partial charge in [-0.05, 0) is 55.3 Å². The molecule has 2 N–H and O–H groups in total. The fourth-order valence-corrected chi connectivity index (χ4v) is 3.83. The molecule has 0 radical (unpaired) electrons. The molecule has 0 aliphatic carbocycles. The van der Waals surface area contributed by atoms with Crippen LogP contribution in [0.5, 0.6) is 5.75 Å². The third-order valence-electron chi connectivity index (χ3n) is 4.86. The first-order valence-electron chi connectivity index (χ1n) is 10.4. The van der Waals surface area contributed by atoms with Crippen LogP contribution >= 0.6 is 11.8 Å². The average Bonchev–Trinajstić information content (AvgIpc) is 3.20. The SMILES string of the molecule is C=CCn1c(CNC(=O)c2ccc(OC)cc2)nnc1SCC(=O)Nc1cc(C)ccc1C. The third kappa shape index (κ3) is 6.45. The number of aromatic nitrogens is 3. The molecule has 8 nitrogen and oxygen atoms in total. The minimum atomic E-state index is -0.229. The van der Waals surface area contributed by atoms with E-state index in [0.29, 0.717) is 28.8 Å². The van der Waals surface area contributed by atoms with Crippen LogP contribution in [0.4, 0.5) is 5.69 Å². The highest BCUT2D eigenvalue weighted by atomic mass is 32.2. The fourth-order valence-electron chi connectivity index (χ4n) is 3.06. The monoisotopic (exact) mass is 465 g/mol. The molecule has 33 heavy (non-hydrogen) atoms. The summed E-state index contributed by atoms with van der Waals surface area (Å²) in [6, 6.07) is 12.8. The summed E-state index contributed by atoms with van der Waals surface area (Å²) in [4.78, 5) is 24.9. The zero-order valence-corrected chi connectivity index (χ0v) is 19.7. The van der Waals surface area contributed by atoms with E-state index in [9.17, 15) is 9.59 Å². The summed E-state index contributed by atoms with van der Waals surface area (Å²) < 4.78 is 6.94. The molecule has 0 aliphatic rings. The lowest BCUT2D eigenvalue weighted by atomic mass is 10.1. The van der Waals surface area contributed by atoms with E-state index in [0.717, 1.165) is 16.8 Å². The van der Waals surface area contributed by atoms with Crippen LogP contribution in [-0.2, 0) is 17.9 Å². The van der Waals surface area contributed by atoms with Crippen molar-refractivity contribution in [2.24, 2.45) is 0 Å². The summed E-state index contributed by atoms with van der Waals surface area (Å²) in [5, 5.41) is 14.8.